The number of fused-ring (bicyclic) bond motifs is 1. The maximum Gasteiger partial charge on any atom is 0.239 e. The Morgan fingerprint density at radius 2 is 2.42 bits per heavy atom. The lowest BCUT2D eigenvalue weighted by Crippen LogP contribution is -2.51. The van der Waals surface area contributed by atoms with E-state index in [0.717, 1.165) is 32.7 Å². The summed E-state index contributed by atoms with van der Waals surface area (Å²) in [5.74, 6) is 0.132. The van der Waals surface area contributed by atoms with Gasteiger partial charge in [-0.1, -0.05) is 0 Å². The van der Waals surface area contributed by atoms with Crippen LogP contribution in [0, 0.1) is 0 Å². The average molecular weight is 170 g/mol. The highest BCUT2D eigenvalue weighted by Gasteiger charge is 2.30. The molecule has 2 aliphatic heterocycles. The first-order valence-corrected chi connectivity index (χ1v) is 4.47. The van der Waals surface area contributed by atoms with Gasteiger partial charge in [-0.05, 0) is 6.42 Å². The van der Waals surface area contributed by atoms with E-state index in [1.165, 1.54) is 0 Å². The van der Waals surface area contributed by atoms with Gasteiger partial charge in [-0.25, -0.2) is 0 Å². The second-order valence-electron chi connectivity index (χ2n) is 3.27. The second kappa shape index (κ2) is 3.41. The number of carbonyl (C=O) groups excluding carboxylic acids is 1. The van der Waals surface area contributed by atoms with Crippen LogP contribution in [0.1, 0.15) is 6.42 Å². The molecule has 0 spiro atoms. The monoisotopic (exact) mass is 170 g/mol. The largest absolute Gasteiger partial charge is 0.378 e. The van der Waals surface area contributed by atoms with Gasteiger partial charge in [0.2, 0.25) is 5.91 Å². The Kier molecular flexibility index (Phi) is 2.28. The third-order valence-corrected chi connectivity index (χ3v) is 2.46. The van der Waals surface area contributed by atoms with Gasteiger partial charge >= 0.3 is 0 Å². The van der Waals surface area contributed by atoms with Crippen molar-refractivity contribution in [2.24, 2.45) is 0 Å². The van der Waals surface area contributed by atoms with Crippen LogP contribution in [0.5, 0.6) is 0 Å². The lowest BCUT2D eigenvalue weighted by Gasteiger charge is -2.32. The van der Waals surface area contributed by atoms with Crippen molar-refractivity contribution in [3.05, 3.63) is 0 Å². The molecule has 12 heavy (non-hydrogen) atoms. The standard InChI is InChI=1S/C8H14N2O2/c11-8-7-6-12-5-4-10(7)3-1-2-9-8/h7H,1-6H2,(H,9,11)/t7-/m1/s1. The Morgan fingerprint density at radius 1 is 1.50 bits per heavy atom. The molecule has 2 saturated heterocycles. The summed E-state index contributed by atoms with van der Waals surface area (Å²) in [6.45, 7) is 4.06. The van der Waals surface area contributed by atoms with E-state index in [-0.39, 0.29) is 11.9 Å². The van der Waals surface area contributed by atoms with Crippen molar-refractivity contribution < 1.29 is 9.53 Å². The second-order valence-corrected chi connectivity index (χ2v) is 3.27. The first-order valence-electron chi connectivity index (χ1n) is 4.47. The van der Waals surface area contributed by atoms with Crippen molar-refractivity contribution in [1.29, 1.82) is 0 Å². The lowest BCUT2D eigenvalue weighted by molar-refractivity contribution is -0.130. The van der Waals surface area contributed by atoms with E-state index in [1.54, 1.807) is 0 Å². The van der Waals surface area contributed by atoms with Gasteiger partial charge in [-0.2, -0.15) is 0 Å². The molecule has 0 aromatic carbocycles. The minimum atomic E-state index is -0.0266. The van der Waals surface area contributed by atoms with Crippen LogP contribution in [-0.4, -0.2) is 49.7 Å². The van der Waals surface area contributed by atoms with Gasteiger partial charge in [0.25, 0.3) is 0 Å². The minimum absolute atomic E-state index is 0.0266. The van der Waals surface area contributed by atoms with Crippen LogP contribution >= 0.6 is 0 Å². The first-order chi connectivity index (χ1) is 5.88. The maximum atomic E-state index is 11.4. The van der Waals surface area contributed by atoms with Crippen LogP contribution < -0.4 is 5.32 Å². The normalized spacial score (nSPS) is 32.0. The predicted molar refractivity (Wildman–Crippen MR) is 43.8 cm³/mol. The highest BCUT2D eigenvalue weighted by molar-refractivity contribution is 5.82. The topological polar surface area (TPSA) is 41.6 Å². The molecule has 0 aromatic rings. The fourth-order valence-corrected chi connectivity index (χ4v) is 1.76. The molecule has 0 aromatic heterocycles. The number of hydrogen-bond donors (Lipinski definition) is 1. The fraction of sp³-hybridized carbons (Fsp3) is 0.875. The molecule has 2 heterocycles. The average Bonchev–Trinajstić information content (AvgIpc) is 2.29. The van der Waals surface area contributed by atoms with E-state index in [1.807, 2.05) is 0 Å². The minimum Gasteiger partial charge on any atom is -0.378 e. The van der Waals surface area contributed by atoms with Crippen LogP contribution in [0.15, 0.2) is 0 Å². The number of amides is 1. The zero-order valence-corrected chi connectivity index (χ0v) is 7.08. The van der Waals surface area contributed by atoms with Crippen LogP contribution in [0.4, 0.5) is 0 Å². The van der Waals surface area contributed by atoms with Crippen LogP contribution in [0.25, 0.3) is 0 Å². The molecule has 0 bridgehead atoms. The molecule has 1 atom stereocenters. The van der Waals surface area contributed by atoms with E-state index in [0.29, 0.717) is 6.61 Å². The van der Waals surface area contributed by atoms with Gasteiger partial charge in [0.05, 0.1) is 13.2 Å². The molecular weight excluding hydrogens is 156 g/mol. The van der Waals surface area contributed by atoms with Crippen LogP contribution in [-0.2, 0) is 9.53 Å². The van der Waals surface area contributed by atoms with Crippen molar-refractivity contribution in [2.45, 2.75) is 12.5 Å². The third-order valence-electron chi connectivity index (χ3n) is 2.46. The number of ether oxygens (including phenoxy) is 1. The smallest absolute Gasteiger partial charge is 0.239 e. The van der Waals surface area contributed by atoms with E-state index in [4.69, 9.17) is 4.74 Å². The highest BCUT2D eigenvalue weighted by atomic mass is 16.5. The Bertz CT molecular complexity index is 184. The van der Waals surface area contributed by atoms with Gasteiger partial charge in [0.1, 0.15) is 6.04 Å². The molecule has 4 nitrogen and oxygen atoms in total. The summed E-state index contributed by atoms with van der Waals surface area (Å²) in [5, 5.41) is 2.88. The van der Waals surface area contributed by atoms with Gasteiger partial charge in [-0.15, -0.1) is 0 Å². The Labute approximate surface area is 71.9 Å². The fourth-order valence-electron chi connectivity index (χ4n) is 1.76. The molecule has 0 saturated carbocycles. The quantitative estimate of drug-likeness (QED) is 0.518. The number of nitrogens with zero attached hydrogens (tertiary/aromatic N) is 1. The first kappa shape index (κ1) is 8.01. The molecule has 2 rings (SSSR count). The maximum absolute atomic E-state index is 11.4. The molecule has 0 aliphatic carbocycles. The molecule has 0 radical (unpaired) electrons. The van der Waals surface area contributed by atoms with Crippen molar-refractivity contribution >= 4 is 5.91 Å². The SMILES string of the molecule is O=C1NCCCN2CCOC[C@H]12. The lowest BCUT2D eigenvalue weighted by atomic mass is 10.2. The number of nitrogens with one attached hydrogen (secondary N) is 1. The molecular formula is C8H14N2O2. The van der Waals surface area contributed by atoms with E-state index < -0.39 is 0 Å². The van der Waals surface area contributed by atoms with Gasteiger partial charge in [0, 0.05) is 19.6 Å². The Balaban J connectivity index is 2.06. The summed E-state index contributed by atoms with van der Waals surface area (Å²) in [6, 6.07) is -0.0266. The molecule has 4 heteroatoms. The van der Waals surface area contributed by atoms with Gasteiger partial charge in [-0.3, -0.25) is 9.69 Å². The Hall–Kier alpha value is -0.610. The van der Waals surface area contributed by atoms with Crippen LogP contribution in [0.3, 0.4) is 0 Å². The molecule has 0 unspecified atom stereocenters. The molecule has 2 fully saturated rings. The summed E-state index contributed by atoms with van der Waals surface area (Å²) in [6.07, 6.45) is 1.06. The summed E-state index contributed by atoms with van der Waals surface area (Å²) in [7, 11) is 0. The summed E-state index contributed by atoms with van der Waals surface area (Å²) in [5.41, 5.74) is 0. The van der Waals surface area contributed by atoms with E-state index in [2.05, 4.69) is 10.2 Å². The predicted octanol–water partition coefficient (Wildman–Crippen LogP) is -0.793. The van der Waals surface area contributed by atoms with Crippen molar-refractivity contribution in [3.63, 3.8) is 0 Å². The Morgan fingerprint density at radius 3 is 3.33 bits per heavy atom. The summed E-state index contributed by atoms with van der Waals surface area (Å²) >= 11 is 0. The molecule has 1 amide bonds. The molecule has 68 valence electrons. The molecule has 2 aliphatic rings. The number of rotatable bonds is 0. The third kappa shape index (κ3) is 1.44. The number of carbonyl (C=O) groups is 1. The van der Waals surface area contributed by atoms with E-state index >= 15 is 0 Å². The van der Waals surface area contributed by atoms with E-state index in [9.17, 15) is 4.79 Å². The summed E-state index contributed by atoms with van der Waals surface area (Å²) in [4.78, 5) is 13.6. The highest BCUT2D eigenvalue weighted by Crippen LogP contribution is 2.09. The van der Waals surface area contributed by atoms with Crippen molar-refractivity contribution in [2.75, 3.05) is 32.8 Å². The van der Waals surface area contributed by atoms with Crippen molar-refractivity contribution in [3.8, 4) is 0 Å². The van der Waals surface area contributed by atoms with Crippen LogP contribution in [0.2, 0.25) is 0 Å². The number of hydrogen-bond acceptors (Lipinski definition) is 3. The van der Waals surface area contributed by atoms with Gasteiger partial charge < -0.3 is 10.1 Å². The summed E-state index contributed by atoms with van der Waals surface area (Å²) < 4.78 is 5.26. The van der Waals surface area contributed by atoms with Crippen molar-refractivity contribution in [1.82, 2.24) is 10.2 Å². The zero-order chi connectivity index (χ0) is 8.39. The molecule has 1 N–H and O–H groups in total. The van der Waals surface area contributed by atoms with Gasteiger partial charge in [0.15, 0.2) is 0 Å². The number of morpholine rings is 1. The zero-order valence-electron chi connectivity index (χ0n) is 7.08.